The zero-order valence-corrected chi connectivity index (χ0v) is 15.2. The number of rotatable bonds is 1. The second-order valence-corrected chi connectivity index (χ2v) is 6.44. The number of pyridine rings is 1. The van der Waals surface area contributed by atoms with Gasteiger partial charge in [0.15, 0.2) is 11.6 Å². The van der Waals surface area contributed by atoms with Crippen molar-refractivity contribution < 1.29 is 19.5 Å². The summed E-state index contributed by atoms with van der Waals surface area (Å²) >= 11 is 0. The maximum absolute atomic E-state index is 12.1. The predicted octanol–water partition coefficient (Wildman–Crippen LogP) is 4.40. The van der Waals surface area contributed by atoms with Crippen LogP contribution in [-0.4, -0.2) is 27.6 Å². The van der Waals surface area contributed by atoms with Gasteiger partial charge < -0.3 is 5.11 Å². The van der Waals surface area contributed by atoms with Crippen LogP contribution in [0, 0.1) is 0 Å². The number of hydrogen-bond acceptors (Lipinski definition) is 4. The number of carbonyl (C=O) groups excluding carboxylic acids is 2. The molecule has 5 nitrogen and oxygen atoms in total. The van der Waals surface area contributed by atoms with Gasteiger partial charge in [-0.05, 0) is 12.1 Å². The lowest BCUT2D eigenvalue weighted by molar-refractivity contribution is 0.0690. The van der Waals surface area contributed by atoms with Crippen LogP contribution in [0.2, 0.25) is 0 Å². The Labute approximate surface area is 166 Å². The second-order valence-electron chi connectivity index (χ2n) is 6.44. The summed E-state index contributed by atoms with van der Waals surface area (Å²) in [6, 6.07) is 24.6. The van der Waals surface area contributed by atoms with Crippen molar-refractivity contribution >= 4 is 28.4 Å². The van der Waals surface area contributed by atoms with E-state index < -0.39 is 5.97 Å². The highest BCUT2D eigenvalue weighted by Crippen LogP contribution is 2.26. The van der Waals surface area contributed by atoms with Crippen molar-refractivity contribution in [2.45, 2.75) is 0 Å². The third kappa shape index (κ3) is 3.41. The summed E-state index contributed by atoms with van der Waals surface area (Å²) in [6.07, 6.45) is 0. The largest absolute Gasteiger partial charge is 0.477 e. The first-order valence-corrected chi connectivity index (χ1v) is 8.93. The van der Waals surface area contributed by atoms with E-state index in [4.69, 9.17) is 5.11 Å². The number of fused-ring (bicyclic) bond motifs is 3. The summed E-state index contributed by atoms with van der Waals surface area (Å²) in [5.41, 5.74) is 2.82. The highest BCUT2D eigenvalue weighted by Gasteiger charge is 2.28. The van der Waals surface area contributed by atoms with Gasteiger partial charge in [-0.1, -0.05) is 72.8 Å². The third-order valence-electron chi connectivity index (χ3n) is 4.65. The molecule has 0 amide bonds. The molecule has 0 spiro atoms. The number of carboxylic acids is 1. The lowest BCUT2D eigenvalue weighted by Crippen LogP contribution is -2.20. The molecule has 4 aromatic rings. The Balaban J connectivity index is 0.000000145. The molecule has 0 saturated heterocycles. The van der Waals surface area contributed by atoms with Gasteiger partial charge in [0.1, 0.15) is 5.69 Å². The van der Waals surface area contributed by atoms with Gasteiger partial charge in [-0.2, -0.15) is 0 Å². The van der Waals surface area contributed by atoms with Crippen LogP contribution < -0.4 is 0 Å². The molecule has 3 aromatic carbocycles. The number of aromatic carboxylic acids is 1. The lowest BCUT2D eigenvalue weighted by Gasteiger charge is -2.16. The van der Waals surface area contributed by atoms with Crippen molar-refractivity contribution in [3.8, 4) is 0 Å². The van der Waals surface area contributed by atoms with Crippen molar-refractivity contribution in [2.24, 2.45) is 0 Å². The number of benzene rings is 3. The normalized spacial score (nSPS) is 11.9. The van der Waals surface area contributed by atoms with Crippen molar-refractivity contribution in [2.75, 3.05) is 0 Å². The highest BCUT2D eigenvalue weighted by molar-refractivity contribution is 6.28. The summed E-state index contributed by atoms with van der Waals surface area (Å²) < 4.78 is 0. The predicted molar refractivity (Wildman–Crippen MR) is 108 cm³/mol. The number of hydrogen-bond donors (Lipinski definition) is 1. The molecule has 1 aliphatic rings. The molecule has 140 valence electrons. The first-order chi connectivity index (χ1) is 14.1. The SMILES string of the molecule is O=C(O)c1ccc2ccccc2n1.O=C1c2ccccc2C(=O)c2ccccc21. The molecule has 1 aromatic heterocycles. The molecule has 1 aliphatic carbocycles. The standard InChI is InChI=1S/C14H8O2.C10H7NO2/c15-13-9-5-1-2-6-10(9)14(16)12-8-4-3-7-11(12)13;12-10(13)9-6-5-7-3-1-2-4-8(7)11-9/h1-8H;1-6H,(H,12,13). The van der Waals surface area contributed by atoms with E-state index in [1.807, 2.05) is 18.2 Å². The van der Waals surface area contributed by atoms with Crippen LogP contribution in [0.1, 0.15) is 42.3 Å². The number of carboxylic acid groups (broad SMARTS) is 1. The van der Waals surface area contributed by atoms with Gasteiger partial charge >= 0.3 is 5.97 Å². The zero-order chi connectivity index (χ0) is 20.4. The van der Waals surface area contributed by atoms with E-state index in [0.29, 0.717) is 27.8 Å². The molecular formula is C24H15NO4. The molecule has 5 heteroatoms. The van der Waals surface area contributed by atoms with Crippen LogP contribution in [0.5, 0.6) is 0 Å². The van der Waals surface area contributed by atoms with E-state index in [0.717, 1.165) is 5.39 Å². The average molecular weight is 381 g/mol. The molecule has 29 heavy (non-hydrogen) atoms. The number of ketones is 2. The Morgan fingerprint density at radius 1 is 0.621 bits per heavy atom. The van der Waals surface area contributed by atoms with Crippen LogP contribution in [0.3, 0.4) is 0 Å². The minimum absolute atomic E-state index is 0.0641. The zero-order valence-electron chi connectivity index (χ0n) is 15.2. The molecule has 0 fully saturated rings. The van der Waals surface area contributed by atoms with Gasteiger partial charge in [-0.15, -0.1) is 0 Å². The number of para-hydroxylation sites is 1. The fourth-order valence-electron chi connectivity index (χ4n) is 3.23. The van der Waals surface area contributed by atoms with E-state index in [1.54, 1.807) is 60.7 Å². The fourth-order valence-corrected chi connectivity index (χ4v) is 3.23. The monoisotopic (exact) mass is 381 g/mol. The molecule has 1 heterocycles. The summed E-state index contributed by atoms with van der Waals surface area (Å²) in [7, 11) is 0. The Bertz CT molecular complexity index is 1170. The minimum atomic E-state index is -0.995. The van der Waals surface area contributed by atoms with Crippen molar-refractivity contribution in [1.82, 2.24) is 4.98 Å². The van der Waals surface area contributed by atoms with Gasteiger partial charge in [-0.3, -0.25) is 9.59 Å². The molecule has 0 unspecified atom stereocenters. The van der Waals surface area contributed by atoms with Crippen LogP contribution >= 0.6 is 0 Å². The fraction of sp³-hybridized carbons (Fsp3) is 0. The van der Waals surface area contributed by atoms with Gasteiger partial charge in [0, 0.05) is 27.6 Å². The molecule has 0 saturated carbocycles. The molecular weight excluding hydrogens is 366 g/mol. The Kier molecular flexibility index (Phi) is 4.71. The summed E-state index contributed by atoms with van der Waals surface area (Å²) in [5.74, 6) is -1.12. The smallest absolute Gasteiger partial charge is 0.354 e. The van der Waals surface area contributed by atoms with Crippen LogP contribution in [-0.2, 0) is 0 Å². The van der Waals surface area contributed by atoms with E-state index in [-0.39, 0.29) is 17.3 Å². The number of carbonyl (C=O) groups is 3. The first-order valence-electron chi connectivity index (χ1n) is 8.93. The molecule has 0 bridgehead atoms. The third-order valence-corrected chi connectivity index (χ3v) is 4.65. The van der Waals surface area contributed by atoms with Gasteiger partial charge in [0.25, 0.3) is 0 Å². The first kappa shape index (κ1) is 18.3. The van der Waals surface area contributed by atoms with Gasteiger partial charge in [-0.25, -0.2) is 9.78 Å². The van der Waals surface area contributed by atoms with Crippen molar-refractivity contribution in [3.05, 3.63) is 113 Å². The van der Waals surface area contributed by atoms with Gasteiger partial charge in [0.05, 0.1) is 5.52 Å². The molecule has 0 radical (unpaired) electrons. The Morgan fingerprint density at radius 3 is 1.55 bits per heavy atom. The van der Waals surface area contributed by atoms with E-state index >= 15 is 0 Å². The van der Waals surface area contributed by atoms with Gasteiger partial charge in [0.2, 0.25) is 0 Å². The lowest BCUT2D eigenvalue weighted by atomic mass is 9.84. The maximum atomic E-state index is 12.1. The molecule has 0 aliphatic heterocycles. The minimum Gasteiger partial charge on any atom is -0.477 e. The average Bonchev–Trinajstić information content (AvgIpc) is 2.77. The quantitative estimate of drug-likeness (QED) is 0.465. The topological polar surface area (TPSA) is 84.3 Å². The summed E-state index contributed by atoms with van der Waals surface area (Å²) in [5, 5.41) is 9.63. The van der Waals surface area contributed by atoms with Crippen LogP contribution in [0.25, 0.3) is 10.9 Å². The van der Waals surface area contributed by atoms with E-state index in [2.05, 4.69) is 4.98 Å². The Morgan fingerprint density at radius 2 is 1.07 bits per heavy atom. The number of aromatic nitrogens is 1. The van der Waals surface area contributed by atoms with Crippen LogP contribution in [0.4, 0.5) is 0 Å². The molecule has 1 N–H and O–H groups in total. The summed E-state index contributed by atoms with van der Waals surface area (Å²) in [6.45, 7) is 0. The van der Waals surface area contributed by atoms with E-state index in [9.17, 15) is 14.4 Å². The maximum Gasteiger partial charge on any atom is 0.354 e. The summed E-state index contributed by atoms with van der Waals surface area (Å²) in [4.78, 5) is 38.8. The van der Waals surface area contributed by atoms with Crippen molar-refractivity contribution in [1.29, 1.82) is 0 Å². The molecule has 0 atom stereocenters. The van der Waals surface area contributed by atoms with E-state index in [1.165, 1.54) is 6.07 Å². The highest BCUT2D eigenvalue weighted by atomic mass is 16.4. The second kappa shape index (κ2) is 7.48. The Hall–Kier alpha value is -4.12. The van der Waals surface area contributed by atoms with Crippen LogP contribution in [0.15, 0.2) is 84.9 Å². The molecule has 5 rings (SSSR count). The van der Waals surface area contributed by atoms with Crippen molar-refractivity contribution in [3.63, 3.8) is 0 Å². The number of nitrogens with zero attached hydrogens (tertiary/aromatic N) is 1.